The Morgan fingerprint density at radius 2 is 2.17 bits per heavy atom. The lowest BCUT2D eigenvalue weighted by Crippen LogP contribution is -2.40. The van der Waals surface area contributed by atoms with Crippen LogP contribution >= 0.6 is 0 Å². The second kappa shape index (κ2) is 5.33. The summed E-state index contributed by atoms with van der Waals surface area (Å²) in [5.74, 6) is 0. The predicted molar refractivity (Wildman–Crippen MR) is 70.3 cm³/mol. The highest BCUT2D eigenvalue weighted by atomic mass is 16.5. The van der Waals surface area contributed by atoms with Crippen molar-refractivity contribution in [3.8, 4) is 11.1 Å². The molecular formula is C14H17N3O. The molecule has 18 heavy (non-hydrogen) atoms. The molecule has 1 aromatic heterocycles. The third-order valence-corrected chi connectivity index (χ3v) is 3.14. The summed E-state index contributed by atoms with van der Waals surface area (Å²) in [5, 5.41) is 7.72. The molecule has 2 heterocycles. The van der Waals surface area contributed by atoms with E-state index < -0.39 is 0 Å². The fourth-order valence-corrected chi connectivity index (χ4v) is 2.19. The van der Waals surface area contributed by atoms with E-state index in [-0.39, 0.29) is 6.10 Å². The molecule has 4 heteroatoms. The number of rotatable bonds is 3. The second-order valence-electron chi connectivity index (χ2n) is 4.51. The molecule has 0 radical (unpaired) electrons. The van der Waals surface area contributed by atoms with Crippen LogP contribution in [0.25, 0.3) is 11.1 Å². The van der Waals surface area contributed by atoms with Crippen molar-refractivity contribution in [1.29, 1.82) is 0 Å². The lowest BCUT2D eigenvalue weighted by molar-refractivity contribution is 0.0161. The van der Waals surface area contributed by atoms with Crippen LogP contribution in [0.15, 0.2) is 42.7 Å². The minimum atomic E-state index is 0.224. The van der Waals surface area contributed by atoms with Gasteiger partial charge in [0.1, 0.15) is 0 Å². The van der Waals surface area contributed by atoms with Crippen LogP contribution in [0.4, 0.5) is 0 Å². The lowest BCUT2D eigenvalue weighted by atomic mass is 10.1. The fraction of sp³-hybridized carbons (Fsp3) is 0.357. The summed E-state index contributed by atoms with van der Waals surface area (Å²) in [6, 6.07) is 10.3. The first-order valence-electron chi connectivity index (χ1n) is 6.32. The number of ether oxygens (including phenoxy) is 1. The smallest absolute Gasteiger partial charge is 0.0895 e. The summed E-state index contributed by atoms with van der Waals surface area (Å²) >= 11 is 0. The predicted octanol–water partition coefficient (Wildman–Crippen LogP) is 1.54. The van der Waals surface area contributed by atoms with E-state index in [4.69, 9.17) is 4.74 Å². The van der Waals surface area contributed by atoms with Gasteiger partial charge in [0.2, 0.25) is 0 Å². The van der Waals surface area contributed by atoms with E-state index in [2.05, 4.69) is 28.7 Å². The molecule has 0 saturated carbocycles. The maximum absolute atomic E-state index is 5.67. The highest BCUT2D eigenvalue weighted by Gasteiger charge is 2.14. The summed E-state index contributed by atoms with van der Waals surface area (Å²) in [4.78, 5) is 0. The van der Waals surface area contributed by atoms with Crippen molar-refractivity contribution < 1.29 is 4.74 Å². The summed E-state index contributed by atoms with van der Waals surface area (Å²) in [6.45, 7) is 3.45. The average Bonchev–Trinajstić information content (AvgIpc) is 2.89. The van der Waals surface area contributed by atoms with Gasteiger partial charge >= 0.3 is 0 Å². The van der Waals surface area contributed by atoms with Crippen molar-refractivity contribution in [3.05, 3.63) is 42.7 Å². The molecule has 1 N–H and O–H groups in total. The van der Waals surface area contributed by atoms with Crippen LogP contribution in [0, 0.1) is 0 Å². The van der Waals surface area contributed by atoms with Gasteiger partial charge < -0.3 is 10.1 Å². The Hall–Kier alpha value is -1.65. The Balaban J connectivity index is 1.69. The van der Waals surface area contributed by atoms with E-state index in [1.807, 2.05) is 29.1 Å². The molecule has 1 saturated heterocycles. The van der Waals surface area contributed by atoms with Crippen LogP contribution in [0.5, 0.6) is 0 Å². The van der Waals surface area contributed by atoms with Gasteiger partial charge in [0, 0.05) is 24.8 Å². The first kappa shape index (κ1) is 11.4. The molecule has 0 bridgehead atoms. The number of nitrogens with one attached hydrogen (secondary N) is 1. The van der Waals surface area contributed by atoms with Gasteiger partial charge in [0.05, 0.1) is 25.5 Å². The Labute approximate surface area is 107 Å². The molecule has 94 valence electrons. The fourth-order valence-electron chi connectivity index (χ4n) is 2.19. The van der Waals surface area contributed by atoms with Crippen molar-refractivity contribution in [2.45, 2.75) is 12.6 Å². The lowest BCUT2D eigenvalue weighted by Gasteiger charge is -2.23. The maximum Gasteiger partial charge on any atom is 0.0895 e. The number of nitrogens with zero attached hydrogens (tertiary/aromatic N) is 2. The molecule has 1 aromatic carbocycles. The van der Waals surface area contributed by atoms with Crippen LogP contribution in [0.1, 0.15) is 0 Å². The number of hydrogen-bond donors (Lipinski definition) is 1. The van der Waals surface area contributed by atoms with Crippen LogP contribution in [-0.4, -0.2) is 35.6 Å². The second-order valence-corrected chi connectivity index (χ2v) is 4.51. The van der Waals surface area contributed by atoms with Gasteiger partial charge in [-0.15, -0.1) is 0 Å². The topological polar surface area (TPSA) is 39.1 Å². The molecular weight excluding hydrogens is 226 g/mol. The van der Waals surface area contributed by atoms with Crippen molar-refractivity contribution in [3.63, 3.8) is 0 Å². The summed E-state index contributed by atoms with van der Waals surface area (Å²) in [5.41, 5.74) is 2.35. The van der Waals surface area contributed by atoms with Crippen molar-refractivity contribution in [1.82, 2.24) is 15.1 Å². The van der Waals surface area contributed by atoms with E-state index in [9.17, 15) is 0 Å². The number of aromatic nitrogens is 2. The van der Waals surface area contributed by atoms with Crippen LogP contribution in [-0.2, 0) is 11.3 Å². The van der Waals surface area contributed by atoms with Gasteiger partial charge in [-0.1, -0.05) is 30.3 Å². The minimum Gasteiger partial charge on any atom is -0.374 e. The Morgan fingerprint density at radius 3 is 2.94 bits per heavy atom. The quantitative estimate of drug-likeness (QED) is 0.888. The van der Waals surface area contributed by atoms with Gasteiger partial charge in [0.15, 0.2) is 0 Å². The van der Waals surface area contributed by atoms with E-state index in [0.717, 1.165) is 31.8 Å². The standard InChI is InChI=1S/C14H17N3O/c1-2-4-12(5-3-1)13-8-16-17(10-13)11-14-9-15-6-7-18-14/h1-5,8,10,14-15H,6-7,9,11H2. The first-order valence-corrected chi connectivity index (χ1v) is 6.32. The summed E-state index contributed by atoms with van der Waals surface area (Å²) in [6.07, 6.45) is 4.21. The first-order chi connectivity index (χ1) is 8.92. The van der Waals surface area contributed by atoms with Crippen molar-refractivity contribution in [2.75, 3.05) is 19.7 Å². The van der Waals surface area contributed by atoms with Gasteiger partial charge in [0.25, 0.3) is 0 Å². The SMILES string of the molecule is c1ccc(-c2cnn(CC3CNCCO3)c2)cc1. The van der Waals surface area contributed by atoms with E-state index >= 15 is 0 Å². The molecule has 2 aromatic rings. The third kappa shape index (κ3) is 2.60. The monoisotopic (exact) mass is 243 g/mol. The van der Waals surface area contributed by atoms with E-state index in [1.165, 1.54) is 5.56 Å². The summed E-state index contributed by atoms with van der Waals surface area (Å²) in [7, 11) is 0. The molecule has 0 spiro atoms. The molecule has 0 aliphatic carbocycles. The maximum atomic E-state index is 5.67. The molecule has 4 nitrogen and oxygen atoms in total. The highest BCUT2D eigenvalue weighted by Crippen LogP contribution is 2.17. The third-order valence-electron chi connectivity index (χ3n) is 3.14. The highest BCUT2D eigenvalue weighted by molar-refractivity contribution is 5.61. The average molecular weight is 243 g/mol. The van der Waals surface area contributed by atoms with Gasteiger partial charge in [-0.2, -0.15) is 5.10 Å². The minimum absolute atomic E-state index is 0.224. The van der Waals surface area contributed by atoms with Crippen LogP contribution in [0.3, 0.4) is 0 Å². The molecule has 3 rings (SSSR count). The van der Waals surface area contributed by atoms with E-state index in [1.54, 1.807) is 0 Å². The normalized spacial score (nSPS) is 19.9. The molecule has 0 amide bonds. The molecule has 1 unspecified atom stereocenters. The zero-order valence-electron chi connectivity index (χ0n) is 10.2. The molecule has 1 atom stereocenters. The number of benzene rings is 1. The van der Waals surface area contributed by atoms with Gasteiger partial charge in [-0.3, -0.25) is 4.68 Å². The van der Waals surface area contributed by atoms with E-state index in [0.29, 0.717) is 0 Å². The summed E-state index contributed by atoms with van der Waals surface area (Å²) < 4.78 is 7.63. The molecule has 1 aliphatic rings. The Kier molecular flexibility index (Phi) is 3.39. The number of hydrogen-bond acceptors (Lipinski definition) is 3. The van der Waals surface area contributed by atoms with Gasteiger partial charge in [-0.25, -0.2) is 0 Å². The zero-order chi connectivity index (χ0) is 12.2. The van der Waals surface area contributed by atoms with Gasteiger partial charge in [-0.05, 0) is 5.56 Å². The number of morpholine rings is 1. The Bertz CT molecular complexity index is 489. The largest absolute Gasteiger partial charge is 0.374 e. The zero-order valence-corrected chi connectivity index (χ0v) is 10.2. The molecule has 1 aliphatic heterocycles. The van der Waals surface area contributed by atoms with Crippen LogP contribution < -0.4 is 5.32 Å². The Morgan fingerprint density at radius 1 is 1.28 bits per heavy atom. The van der Waals surface area contributed by atoms with Crippen molar-refractivity contribution in [2.24, 2.45) is 0 Å². The van der Waals surface area contributed by atoms with Crippen LogP contribution in [0.2, 0.25) is 0 Å². The van der Waals surface area contributed by atoms with Crippen molar-refractivity contribution >= 4 is 0 Å². The molecule has 1 fully saturated rings.